The molecular formula is C10H19ClO2. The van der Waals surface area contributed by atoms with Gasteiger partial charge in [-0.25, -0.2) is 0 Å². The zero-order valence-electron chi connectivity index (χ0n) is 8.68. The lowest BCUT2D eigenvalue weighted by atomic mass is 9.95. The van der Waals surface area contributed by atoms with Crippen molar-refractivity contribution in [1.29, 1.82) is 0 Å². The van der Waals surface area contributed by atoms with E-state index in [4.69, 9.17) is 21.1 Å². The van der Waals surface area contributed by atoms with Gasteiger partial charge in [-0.1, -0.05) is 0 Å². The third-order valence-electron chi connectivity index (χ3n) is 2.58. The number of methoxy groups -OCH3 is 1. The van der Waals surface area contributed by atoms with Crippen molar-refractivity contribution in [3.8, 4) is 0 Å². The van der Waals surface area contributed by atoms with Crippen molar-refractivity contribution in [2.75, 3.05) is 13.7 Å². The van der Waals surface area contributed by atoms with E-state index in [2.05, 4.69) is 13.8 Å². The molecule has 2 nitrogen and oxygen atoms in total. The molecule has 0 aromatic carbocycles. The first-order valence-corrected chi connectivity index (χ1v) is 5.28. The van der Waals surface area contributed by atoms with Crippen molar-refractivity contribution in [2.24, 2.45) is 0 Å². The Bertz CT molecular complexity index is 159. The second-order valence-corrected chi connectivity index (χ2v) is 4.90. The smallest absolute Gasteiger partial charge is 0.0647 e. The Morgan fingerprint density at radius 1 is 1.54 bits per heavy atom. The van der Waals surface area contributed by atoms with E-state index in [1.807, 2.05) is 0 Å². The van der Waals surface area contributed by atoms with Gasteiger partial charge < -0.3 is 9.47 Å². The van der Waals surface area contributed by atoms with Crippen molar-refractivity contribution in [2.45, 2.75) is 50.2 Å². The van der Waals surface area contributed by atoms with E-state index < -0.39 is 0 Å². The summed E-state index contributed by atoms with van der Waals surface area (Å²) >= 11 is 6.06. The number of hydrogen-bond acceptors (Lipinski definition) is 2. The first-order valence-electron chi connectivity index (χ1n) is 4.84. The van der Waals surface area contributed by atoms with E-state index in [0.717, 1.165) is 25.9 Å². The van der Waals surface area contributed by atoms with Crippen molar-refractivity contribution in [3.63, 3.8) is 0 Å². The van der Waals surface area contributed by atoms with Gasteiger partial charge in [0.2, 0.25) is 0 Å². The summed E-state index contributed by atoms with van der Waals surface area (Å²) in [6.45, 7) is 4.95. The minimum atomic E-state index is -0.0986. The molecule has 0 N–H and O–H groups in total. The molecule has 0 amide bonds. The average molecular weight is 207 g/mol. The van der Waals surface area contributed by atoms with Gasteiger partial charge in [0.1, 0.15) is 0 Å². The van der Waals surface area contributed by atoms with Crippen LogP contribution in [0.2, 0.25) is 0 Å². The molecule has 1 aliphatic heterocycles. The molecule has 0 aliphatic carbocycles. The maximum Gasteiger partial charge on any atom is 0.0647 e. The highest BCUT2D eigenvalue weighted by Crippen LogP contribution is 2.26. The van der Waals surface area contributed by atoms with Gasteiger partial charge in [0.15, 0.2) is 0 Å². The second-order valence-electron chi connectivity index (χ2n) is 4.28. The maximum atomic E-state index is 6.06. The van der Waals surface area contributed by atoms with Gasteiger partial charge in [0.25, 0.3) is 0 Å². The third kappa shape index (κ3) is 3.84. The van der Waals surface area contributed by atoms with Crippen LogP contribution in [0.25, 0.3) is 0 Å². The first kappa shape index (κ1) is 11.3. The van der Waals surface area contributed by atoms with Crippen LogP contribution in [-0.4, -0.2) is 30.8 Å². The Morgan fingerprint density at radius 2 is 2.23 bits per heavy atom. The second kappa shape index (κ2) is 4.63. The van der Waals surface area contributed by atoms with Crippen LogP contribution in [0.5, 0.6) is 0 Å². The van der Waals surface area contributed by atoms with Crippen molar-refractivity contribution in [1.82, 2.24) is 0 Å². The number of hydrogen-bond donors (Lipinski definition) is 0. The molecule has 2 unspecified atom stereocenters. The highest BCUT2D eigenvalue weighted by molar-refractivity contribution is 6.20. The predicted octanol–water partition coefficient (Wildman–Crippen LogP) is 2.59. The molecule has 0 spiro atoms. The van der Waals surface area contributed by atoms with Gasteiger partial charge in [-0.15, -0.1) is 11.6 Å². The molecule has 3 heteroatoms. The zero-order chi connectivity index (χ0) is 9.90. The fraction of sp³-hybridized carbons (Fsp3) is 1.00. The van der Waals surface area contributed by atoms with Gasteiger partial charge in [0, 0.05) is 25.5 Å². The minimum Gasteiger partial charge on any atom is -0.379 e. The van der Waals surface area contributed by atoms with E-state index in [9.17, 15) is 0 Å². The first-order chi connectivity index (χ1) is 6.03. The van der Waals surface area contributed by atoms with Gasteiger partial charge in [-0.05, 0) is 26.7 Å². The fourth-order valence-corrected chi connectivity index (χ4v) is 1.90. The molecule has 0 aromatic heterocycles. The van der Waals surface area contributed by atoms with Crippen LogP contribution in [0.3, 0.4) is 0 Å². The topological polar surface area (TPSA) is 18.5 Å². The SMILES string of the molecule is COC(C)(C)CC1CC(Cl)CCO1. The highest BCUT2D eigenvalue weighted by atomic mass is 35.5. The van der Waals surface area contributed by atoms with Crippen molar-refractivity contribution >= 4 is 11.6 Å². The lowest BCUT2D eigenvalue weighted by molar-refractivity contribution is -0.0584. The number of rotatable bonds is 3. The van der Waals surface area contributed by atoms with Crippen LogP contribution in [0.1, 0.15) is 33.1 Å². The van der Waals surface area contributed by atoms with Gasteiger partial charge in [0.05, 0.1) is 11.7 Å². The fourth-order valence-electron chi connectivity index (χ4n) is 1.61. The van der Waals surface area contributed by atoms with Gasteiger partial charge >= 0.3 is 0 Å². The maximum absolute atomic E-state index is 6.06. The number of halogens is 1. The molecule has 1 aliphatic rings. The Balaban J connectivity index is 2.35. The van der Waals surface area contributed by atoms with Crippen LogP contribution in [-0.2, 0) is 9.47 Å². The monoisotopic (exact) mass is 206 g/mol. The van der Waals surface area contributed by atoms with E-state index in [-0.39, 0.29) is 17.1 Å². The summed E-state index contributed by atoms with van der Waals surface area (Å²) in [5, 5.41) is 0.284. The van der Waals surface area contributed by atoms with Gasteiger partial charge in [-0.2, -0.15) is 0 Å². The van der Waals surface area contributed by atoms with Crippen LogP contribution in [0.15, 0.2) is 0 Å². The number of ether oxygens (including phenoxy) is 2. The average Bonchev–Trinajstić information content (AvgIpc) is 2.03. The molecule has 13 heavy (non-hydrogen) atoms. The molecule has 0 radical (unpaired) electrons. The van der Waals surface area contributed by atoms with Crippen LogP contribution >= 0.6 is 11.6 Å². The lowest BCUT2D eigenvalue weighted by Gasteiger charge is -2.32. The summed E-state index contributed by atoms with van der Waals surface area (Å²) in [6.07, 6.45) is 3.12. The van der Waals surface area contributed by atoms with E-state index >= 15 is 0 Å². The normalized spacial score (nSPS) is 30.5. The van der Waals surface area contributed by atoms with Crippen LogP contribution in [0, 0.1) is 0 Å². The summed E-state index contributed by atoms with van der Waals surface area (Å²) in [6, 6.07) is 0. The third-order valence-corrected chi connectivity index (χ3v) is 2.97. The number of alkyl halides is 1. The zero-order valence-corrected chi connectivity index (χ0v) is 9.43. The molecule has 0 saturated carbocycles. The molecule has 1 heterocycles. The molecule has 0 aromatic rings. The summed E-state index contributed by atoms with van der Waals surface area (Å²) in [4.78, 5) is 0. The Hall–Kier alpha value is 0.210. The standard InChI is InChI=1S/C10H19ClO2/c1-10(2,12-3)7-9-6-8(11)4-5-13-9/h8-9H,4-7H2,1-3H3. The Morgan fingerprint density at radius 3 is 2.77 bits per heavy atom. The van der Waals surface area contributed by atoms with Crippen molar-refractivity contribution in [3.05, 3.63) is 0 Å². The molecule has 78 valence electrons. The Labute approximate surface area is 85.5 Å². The largest absolute Gasteiger partial charge is 0.379 e. The molecule has 1 fully saturated rings. The summed E-state index contributed by atoms with van der Waals surface area (Å²) in [5.74, 6) is 0. The summed E-state index contributed by atoms with van der Waals surface area (Å²) in [7, 11) is 1.74. The molecule has 0 bridgehead atoms. The van der Waals surface area contributed by atoms with Crippen molar-refractivity contribution < 1.29 is 9.47 Å². The van der Waals surface area contributed by atoms with Crippen LogP contribution in [0.4, 0.5) is 0 Å². The van der Waals surface area contributed by atoms with E-state index in [1.165, 1.54) is 0 Å². The van der Waals surface area contributed by atoms with E-state index in [0.29, 0.717) is 0 Å². The molecule has 2 atom stereocenters. The lowest BCUT2D eigenvalue weighted by Crippen LogP contribution is -2.34. The predicted molar refractivity (Wildman–Crippen MR) is 54.3 cm³/mol. The van der Waals surface area contributed by atoms with E-state index in [1.54, 1.807) is 7.11 Å². The summed E-state index contributed by atoms with van der Waals surface area (Å²) < 4.78 is 11.0. The summed E-state index contributed by atoms with van der Waals surface area (Å²) in [5.41, 5.74) is -0.0986. The van der Waals surface area contributed by atoms with Gasteiger partial charge in [-0.3, -0.25) is 0 Å². The Kier molecular flexibility index (Phi) is 4.02. The molecular weight excluding hydrogens is 188 g/mol. The highest BCUT2D eigenvalue weighted by Gasteiger charge is 2.27. The quantitative estimate of drug-likeness (QED) is 0.661. The minimum absolute atomic E-state index is 0.0986. The van der Waals surface area contributed by atoms with Crippen LogP contribution < -0.4 is 0 Å². The molecule has 1 rings (SSSR count). The molecule has 1 saturated heterocycles.